The molecule has 0 heterocycles. The zero-order chi connectivity index (χ0) is 11.3. The molecule has 0 saturated carbocycles. The Bertz CT molecular complexity index is 309. The first kappa shape index (κ1) is 12.0. The Morgan fingerprint density at radius 2 is 1.80 bits per heavy atom. The monoisotopic (exact) mass is 204 g/mol. The van der Waals surface area contributed by atoms with E-state index in [-0.39, 0.29) is 6.10 Å². The van der Waals surface area contributed by atoms with Gasteiger partial charge in [0.25, 0.3) is 0 Å². The van der Waals surface area contributed by atoms with Crippen LogP contribution in [0.25, 0.3) is 6.08 Å². The lowest BCUT2D eigenvalue weighted by molar-refractivity contribution is 0.220. The number of hydrogen-bond acceptors (Lipinski definition) is 1. The fraction of sp³-hybridized carbons (Fsp3) is 0.429. The van der Waals surface area contributed by atoms with E-state index in [1.807, 2.05) is 19.1 Å². The summed E-state index contributed by atoms with van der Waals surface area (Å²) in [4.78, 5) is 0. The molecule has 1 heteroatoms. The summed E-state index contributed by atoms with van der Waals surface area (Å²) in [5, 5.41) is 9.38. The molecule has 0 radical (unpaired) electrons. The summed E-state index contributed by atoms with van der Waals surface area (Å²) in [5.74, 6) is 0.573. The summed E-state index contributed by atoms with van der Waals surface area (Å²) >= 11 is 0. The Hall–Kier alpha value is -1.08. The van der Waals surface area contributed by atoms with Crippen LogP contribution in [-0.2, 0) is 0 Å². The molecule has 15 heavy (non-hydrogen) atoms. The summed E-state index contributed by atoms with van der Waals surface area (Å²) in [7, 11) is 0. The molecule has 0 aromatic heterocycles. The highest BCUT2D eigenvalue weighted by Gasteiger charge is 1.97. The van der Waals surface area contributed by atoms with Crippen molar-refractivity contribution < 1.29 is 5.11 Å². The second-order valence-electron chi connectivity index (χ2n) is 4.16. The summed E-state index contributed by atoms with van der Waals surface area (Å²) in [6.45, 7) is 6.34. The molecule has 1 atom stereocenters. The molecule has 0 fully saturated rings. The van der Waals surface area contributed by atoms with E-state index in [0.717, 1.165) is 12.0 Å². The average Bonchev–Trinajstić information content (AvgIpc) is 2.26. The van der Waals surface area contributed by atoms with Gasteiger partial charge in [-0.3, -0.25) is 0 Å². The van der Waals surface area contributed by atoms with Gasteiger partial charge in [0, 0.05) is 0 Å². The van der Waals surface area contributed by atoms with Crippen molar-refractivity contribution >= 4 is 6.08 Å². The topological polar surface area (TPSA) is 20.2 Å². The molecule has 1 aromatic rings. The maximum absolute atomic E-state index is 9.38. The molecular weight excluding hydrogens is 184 g/mol. The van der Waals surface area contributed by atoms with Crippen molar-refractivity contribution in [1.29, 1.82) is 0 Å². The molecular formula is C14H20O. The van der Waals surface area contributed by atoms with E-state index in [1.165, 1.54) is 5.56 Å². The zero-order valence-corrected chi connectivity index (χ0v) is 9.77. The normalized spacial score (nSPS) is 13.7. The van der Waals surface area contributed by atoms with Crippen LogP contribution in [0.4, 0.5) is 0 Å². The molecule has 1 N–H and O–H groups in total. The van der Waals surface area contributed by atoms with Crippen LogP contribution < -0.4 is 0 Å². The first-order valence-corrected chi connectivity index (χ1v) is 5.59. The van der Waals surface area contributed by atoms with Crippen molar-refractivity contribution in [3.05, 3.63) is 41.5 Å². The van der Waals surface area contributed by atoms with Gasteiger partial charge >= 0.3 is 0 Å². The van der Waals surface area contributed by atoms with Crippen molar-refractivity contribution in [2.45, 2.75) is 39.2 Å². The van der Waals surface area contributed by atoms with Gasteiger partial charge < -0.3 is 5.11 Å². The van der Waals surface area contributed by atoms with Crippen LogP contribution >= 0.6 is 0 Å². The molecule has 1 rings (SSSR count). The van der Waals surface area contributed by atoms with E-state index in [0.29, 0.717) is 5.92 Å². The Balaban J connectivity index is 2.68. The molecule has 0 aliphatic carbocycles. The van der Waals surface area contributed by atoms with Crippen LogP contribution in [0.15, 0.2) is 30.3 Å². The number of benzene rings is 1. The minimum absolute atomic E-state index is 0.324. The molecule has 1 nitrogen and oxygen atoms in total. The van der Waals surface area contributed by atoms with E-state index >= 15 is 0 Å². The SMILES string of the molecule is CCC(O)/C=C/c1ccc(C(C)C)cc1. The van der Waals surface area contributed by atoms with Crippen LogP contribution in [0.2, 0.25) is 0 Å². The molecule has 0 aliphatic heterocycles. The van der Waals surface area contributed by atoms with E-state index in [1.54, 1.807) is 0 Å². The standard InChI is InChI=1S/C14H20O/c1-4-14(15)10-7-12-5-8-13(9-6-12)11(2)3/h5-11,14-15H,4H2,1-3H3/b10-7+. The third-order valence-electron chi connectivity index (χ3n) is 2.53. The minimum atomic E-state index is -0.324. The Labute approximate surface area is 92.5 Å². The van der Waals surface area contributed by atoms with Crippen LogP contribution in [0.1, 0.15) is 44.2 Å². The lowest BCUT2D eigenvalue weighted by Crippen LogP contribution is -1.97. The van der Waals surface area contributed by atoms with Gasteiger partial charge in [-0.2, -0.15) is 0 Å². The predicted molar refractivity (Wildman–Crippen MR) is 65.9 cm³/mol. The highest BCUT2D eigenvalue weighted by atomic mass is 16.3. The van der Waals surface area contributed by atoms with Crippen LogP contribution in [0, 0.1) is 0 Å². The van der Waals surface area contributed by atoms with Gasteiger partial charge in [-0.15, -0.1) is 0 Å². The third-order valence-corrected chi connectivity index (χ3v) is 2.53. The van der Waals surface area contributed by atoms with E-state index in [9.17, 15) is 5.11 Å². The Kier molecular flexibility index (Phi) is 4.57. The second-order valence-corrected chi connectivity index (χ2v) is 4.16. The molecule has 82 valence electrons. The Morgan fingerprint density at radius 1 is 1.20 bits per heavy atom. The fourth-order valence-corrected chi connectivity index (χ4v) is 1.35. The van der Waals surface area contributed by atoms with Gasteiger partial charge in [-0.1, -0.05) is 57.2 Å². The summed E-state index contributed by atoms with van der Waals surface area (Å²) in [6, 6.07) is 8.47. The summed E-state index contributed by atoms with van der Waals surface area (Å²) in [5.41, 5.74) is 2.50. The highest BCUT2D eigenvalue weighted by molar-refractivity contribution is 5.50. The van der Waals surface area contributed by atoms with Crippen LogP contribution in [0.3, 0.4) is 0 Å². The van der Waals surface area contributed by atoms with E-state index in [4.69, 9.17) is 0 Å². The molecule has 0 aliphatic rings. The zero-order valence-electron chi connectivity index (χ0n) is 9.77. The molecule has 0 amide bonds. The molecule has 1 unspecified atom stereocenters. The van der Waals surface area contributed by atoms with Gasteiger partial charge in [0.1, 0.15) is 0 Å². The van der Waals surface area contributed by atoms with Crippen molar-refractivity contribution in [2.24, 2.45) is 0 Å². The molecule has 1 aromatic carbocycles. The lowest BCUT2D eigenvalue weighted by Gasteiger charge is -2.05. The van der Waals surface area contributed by atoms with Crippen molar-refractivity contribution in [1.82, 2.24) is 0 Å². The van der Waals surface area contributed by atoms with Gasteiger partial charge in [0.05, 0.1) is 6.10 Å². The van der Waals surface area contributed by atoms with E-state index < -0.39 is 0 Å². The quantitative estimate of drug-likeness (QED) is 0.794. The highest BCUT2D eigenvalue weighted by Crippen LogP contribution is 2.15. The molecule has 0 spiro atoms. The average molecular weight is 204 g/mol. The van der Waals surface area contributed by atoms with Crippen molar-refractivity contribution in [3.8, 4) is 0 Å². The van der Waals surface area contributed by atoms with Gasteiger partial charge in [0.2, 0.25) is 0 Å². The molecule has 0 bridgehead atoms. The summed E-state index contributed by atoms with van der Waals surface area (Å²) < 4.78 is 0. The largest absolute Gasteiger partial charge is 0.389 e. The van der Waals surface area contributed by atoms with Gasteiger partial charge in [0.15, 0.2) is 0 Å². The summed E-state index contributed by atoms with van der Waals surface area (Å²) in [6.07, 6.45) is 4.25. The minimum Gasteiger partial charge on any atom is -0.389 e. The Morgan fingerprint density at radius 3 is 2.27 bits per heavy atom. The fourth-order valence-electron chi connectivity index (χ4n) is 1.35. The number of hydrogen-bond donors (Lipinski definition) is 1. The third kappa shape index (κ3) is 3.88. The van der Waals surface area contributed by atoms with E-state index in [2.05, 4.69) is 38.1 Å². The lowest BCUT2D eigenvalue weighted by atomic mass is 10.0. The second kappa shape index (κ2) is 5.72. The van der Waals surface area contributed by atoms with Crippen molar-refractivity contribution in [2.75, 3.05) is 0 Å². The number of aliphatic hydroxyl groups is 1. The maximum Gasteiger partial charge on any atom is 0.0721 e. The number of aliphatic hydroxyl groups excluding tert-OH is 1. The predicted octanol–water partition coefficient (Wildman–Crippen LogP) is 3.59. The van der Waals surface area contributed by atoms with Crippen LogP contribution in [0.5, 0.6) is 0 Å². The van der Waals surface area contributed by atoms with Gasteiger partial charge in [-0.05, 0) is 23.5 Å². The van der Waals surface area contributed by atoms with Crippen molar-refractivity contribution in [3.63, 3.8) is 0 Å². The molecule has 0 saturated heterocycles. The first-order chi connectivity index (χ1) is 7.13. The van der Waals surface area contributed by atoms with Gasteiger partial charge in [-0.25, -0.2) is 0 Å². The first-order valence-electron chi connectivity index (χ1n) is 5.59. The van der Waals surface area contributed by atoms with Crippen LogP contribution in [-0.4, -0.2) is 11.2 Å². The maximum atomic E-state index is 9.38. The smallest absolute Gasteiger partial charge is 0.0721 e. The number of rotatable bonds is 4.